The van der Waals surface area contributed by atoms with E-state index in [1.54, 1.807) is 35.1 Å². The van der Waals surface area contributed by atoms with Gasteiger partial charge in [-0.2, -0.15) is 10.2 Å². The summed E-state index contributed by atoms with van der Waals surface area (Å²) in [6, 6.07) is 10.3. The number of carbonyl (C=O) groups excluding carboxylic acids is 1. The van der Waals surface area contributed by atoms with Crippen molar-refractivity contribution in [1.82, 2.24) is 24.5 Å². The number of amides is 1. The van der Waals surface area contributed by atoms with Crippen LogP contribution >= 0.6 is 0 Å². The molecular formula is C21H22N6O2. The molecule has 0 aliphatic heterocycles. The van der Waals surface area contributed by atoms with Gasteiger partial charge in [0.1, 0.15) is 13.3 Å². The molecule has 29 heavy (non-hydrogen) atoms. The zero-order valence-electron chi connectivity index (χ0n) is 16.6. The largest absolute Gasteiger partial charge is 0.362 e. The van der Waals surface area contributed by atoms with E-state index in [1.165, 1.54) is 5.56 Å². The number of fused-ring (bicyclic) bond motifs is 1. The summed E-state index contributed by atoms with van der Waals surface area (Å²) in [5.41, 5.74) is 5.48. The molecule has 3 heterocycles. The highest BCUT2D eigenvalue weighted by atomic mass is 16.5. The van der Waals surface area contributed by atoms with Crippen LogP contribution in [0.3, 0.4) is 0 Å². The fourth-order valence-corrected chi connectivity index (χ4v) is 3.41. The second-order valence-electron chi connectivity index (χ2n) is 6.90. The summed E-state index contributed by atoms with van der Waals surface area (Å²) in [5.74, 6) is -0.200. The van der Waals surface area contributed by atoms with Crippen molar-refractivity contribution in [3.05, 3.63) is 60.2 Å². The van der Waals surface area contributed by atoms with Crippen molar-refractivity contribution >= 4 is 22.6 Å². The van der Waals surface area contributed by atoms with Crippen LogP contribution in [-0.4, -0.2) is 37.6 Å². The molecule has 0 bridgehead atoms. The van der Waals surface area contributed by atoms with Gasteiger partial charge in [0.15, 0.2) is 5.65 Å². The number of aryl methyl sites for hydroxylation is 2. The molecule has 8 nitrogen and oxygen atoms in total. The molecule has 4 aromatic rings. The lowest BCUT2D eigenvalue weighted by atomic mass is 10.0. The van der Waals surface area contributed by atoms with E-state index in [-0.39, 0.29) is 12.5 Å². The first-order valence-electron chi connectivity index (χ1n) is 9.25. The number of methoxy groups -OCH3 is 1. The lowest BCUT2D eigenvalue weighted by Crippen LogP contribution is -2.19. The molecular weight excluding hydrogens is 368 g/mol. The van der Waals surface area contributed by atoms with Crippen molar-refractivity contribution in [2.75, 3.05) is 12.4 Å². The molecule has 0 saturated carbocycles. The van der Waals surface area contributed by atoms with E-state index in [4.69, 9.17) is 4.74 Å². The van der Waals surface area contributed by atoms with Gasteiger partial charge < -0.3 is 10.1 Å². The Balaban J connectivity index is 1.61. The van der Waals surface area contributed by atoms with E-state index < -0.39 is 0 Å². The number of rotatable bonds is 6. The summed E-state index contributed by atoms with van der Waals surface area (Å²) in [6.07, 6.45) is 5.05. The van der Waals surface area contributed by atoms with Crippen LogP contribution in [0.4, 0.5) is 5.69 Å². The molecule has 4 rings (SSSR count). The molecule has 0 aliphatic carbocycles. The topological polar surface area (TPSA) is 86.9 Å². The smallest absolute Gasteiger partial charge is 0.246 e. The fraction of sp³-hybridized carbons (Fsp3) is 0.238. The molecule has 0 radical (unpaired) electrons. The monoisotopic (exact) mass is 390 g/mol. The first-order valence-corrected chi connectivity index (χ1v) is 9.25. The number of benzene rings is 1. The van der Waals surface area contributed by atoms with Crippen LogP contribution in [0.15, 0.2) is 48.9 Å². The molecule has 8 heteroatoms. The molecule has 0 atom stereocenters. The summed E-state index contributed by atoms with van der Waals surface area (Å²) >= 11 is 0. The number of pyridine rings is 1. The van der Waals surface area contributed by atoms with Crippen molar-refractivity contribution in [2.45, 2.75) is 27.1 Å². The van der Waals surface area contributed by atoms with E-state index in [1.807, 2.05) is 19.1 Å². The number of ether oxygens (including phenoxy) is 1. The van der Waals surface area contributed by atoms with Crippen LogP contribution in [0, 0.1) is 13.8 Å². The minimum absolute atomic E-state index is 0.0596. The van der Waals surface area contributed by atoms with Crippen LogP contribution in [0.1, 0.15) is 11.3 Å². The van der Waals surface area contributed by atoms with Gasteiger partial charge in [-0.25, -0.2) is 14.3 Å². The molecule has 0 saturated heterocycles. The fourth-order valence-electron chi connectivity index (χ4n) is 3.41. The van der Waals surface area contributed by atoms with Crippen LogP contribution < -0.4 is 5.32 Å². The SMILES string of the molecule is COCn1cc(NC(=O)Cn2nc(C)c3c(-c4cccc(C)c4)ccnc32)cn1. The number of nitrogens with one attached hydrogen (secondary N) is 1. The third-order valence-electron chi connectivity index (χ3n) is 4.61. The predicted molar refractivity (Wildman–Crippen MR) is 110 cm³/mol. The Labute approximate surface area is 168 Å². The van der Waals surface area contributed by atoms with Gasteiger partial charge in [0.05, 0.1) is 23.8 Å². The van der Waals surface area contributed by atoms with Crippen molar-refractivity contribution in [2.24, 2.45) is 0 Å². The molecule has 3 aromatic heterocycles. The van der Waals surface area contributed by atoms with Gasteiger partial charge in [0, 0.05) is 18.7 Å². The quantitative estimate of drug-likeness (QED) is 0.546. The Hall–Kier alpha value is -3.52. The van der Waals surface area contributed by atoms with Gasteiger partial charge in [-0.05, 0) is 31.0 Å². The van der Waals surface area contributed by atoms with Gasteiger partial charge in [-0.3, -0.25) is 4.79 Å². The van der Waals surface area contributed by atoms with Crippen LogP contribution in [0.25, 0.3) is 22.2 Å². The second-order valence-corrected chi connectivity index (χ2v) is 6.90. The highest BCUT2D eigenvalue weighted by Crippen LogP contribution is 2.30. The molecule has 1 amide bonds. The van der Waals surface area contributed by atoms with E-state index in [2.05, 4.69) is 45.6 Å². The zero-order valence-corrected chi connectivity index (χ0v) is 16.6. The van der Waals surface area contributed by atoms with Crippen molar-refractivity contribution in [3.63, 3.8) is 0 Å². The Morgan fingerprint density at radius 1 is 1.24 bits per heavy atom. The van der Waals surface area contributed by atoms with Crippen LogP contribution in [0.5, 0.6) is 0 Å². The van der Waals surface area contributed by atoms with Crippen molar-refractivity contribution in [3.8, 4) is 11.1 Å². The Morgan fingerprint density at radius 2 is 2.10 bits per heavy atom. The number of aromatic nitrogens is 5. The highest BCUT2D eigenvalue weighted by Gasteiger charge is 2.16. The first-order chi connectivity index (χ1) is 14.0. The summed E-state index contributed by atoms with van der Waals surface area (Å²) in [4.78, 5) is 17.0. The molecule has 148 valence electrons. The maximum atomic E-state index is 12.5. The summed E-state index contributed by atoms with van der Waals surface area (Å²) in [7, 11) is 1.59. The molecule has 1 aromatic carbocycles. The standard InChI is InChI=1S/C21H22N6O2/c1-14-5-4-6-16(9-14)18-7-8-22-21-20(18)15(2)25-27(21)12-19(28)24-17-10-23-26(11-17)13-29-3/h4-11H,12-13H2,1-3H3,(H,24,28). The Morgan fingerprint density at radius 3 is 2.90 bits per heavy atom. The Bertz CT molecular complexity index is 1180. The van der Waals surface area contributed by atoms with Gasteiger partial charge >= 0.3 is 0 Å². The highest BCUT2D eigenvalue weighted by molar-refractivity contribution is 5.96. The van der Waals surface area contributed by atoms with Gasteiger partial charge in [-0.1, -0.05) is 29.8 Å². The van der Waals surface area contributed by atoms with E-state index in [9.17, 15) is 4.79 Å². The Kier molecular flexibility index (Phi) is 5.09. The number of carbonyl (C=O) groups is 1. The number of nitrogens with zero attached hydrogens (tertiary/aromatic N) is 5. The van der Waals surface area contributed by atoms with Gasteiger partial charge in [0.25, 0.3) is 0 Å². The van der Waals surface area contributed by atoms with E-state index in [0.717, 1.165) is 22.2 Å². The minimum Gasteiger partial charge on any atom is -0.362 e. The molecule has 0 fully saturated rings. The lowest BCUT2D eigenvalue weighted by Gasteiger charge is -2.06. The van der Waals surface area contributed by atoms with Gasteiger partial charge in [-0.15, -0.1) is 0 Å². The summed E-state index contributed by atoms with van der Waals surface area (Å²) in [6.45, 7) is 4.39. The normalized spacial score (nSPS) is 11.1. The maximum absolute atomic E-state index is 12.5. The molecule has 1 N–H and O–H groups in total. The second kappa shape index (κ2) is 7.84. The summed E-state index contributed by atoms with van der Waals surface area (Å²) < 4.78 is 8.25. The molecule has 0 spiro atoms. The predicted octanol–water partition coefficient (Wildman–Crippen LogP) is 3.15. The molecule has 0 unspecified atom stereocenters. The summed E-state index contributed by atoms with van der Waals surface area (Å²) in [5, 5.41) is 12.5. The van der Waals surface area contributed by atoms with E-state index in [0.29, 0.717) is 18.1 Å². The average Bonchev–Trinajstić information content (AvgIpc) is 3.26. The molecule has 0 aliphatic rings. The first kappa shape index (κ1) is 18.8. The lowest BCUT2D eigenvalue weighted by molar-refractivity contribution is -0.116. The third kappa shape index (κ3) is 3.88. The minimum atomic E-state index is -0.200. The number of hydrogen-bond donors (Lipinski definition) is 1. The zero-order chi connectivity index (χ0) is 20.4. The van der Waals surface area contributed by atoms with Crippen LogP contribution in [-0.2, 0) is 22.8 Å². The van der Waals surface area contributed by atoms with Crippen molar-refractivity contribution in [1.29, 1.82) is 0 Å². The maximum Gasteiger partial charge on any atom is 0.246 e. The average molecular weight is 390 g/mol. The number of hydrogen-bond acceptors (Lipinski definition) is 5. The number of anilines is 1. The van der Waals surface area contributed by atoms with Crippen molar-refractivity contribution < 1.29 is 9.53 Å². The van der Waals surface area contributed by atoms with E-state index >= 15 is 0 Å². The third-order valence-corrected chi connectivity index (χ3v) is 4.61. The van der Waals surface area contributed by atoms with Gasteiger partial charge in [0.2, 0.25) is 5.91 Å². The van der Waals surface area contributed by atoms with Crippen LogP contribution in [0.2, 0.25) is 0 Å².